The zero-order chi connectivity index (χ0) is 9.73. The van der Waals surface area contributed by atoms with E-state index in [-0.39, 0.29) is 5.54 Å². The molecule has 1 aliphatic rings. The molecule has 0 heterocycles. The van der Waals surface area contributed by atoms with Gasteiger partial charge in [-0.1, -0.05) is 6.08 Å². The maximum absolute atomic E-state index is 9.00. The van der Waals surface area contributed by atoms with Gasteiger partial charge >= 0.3 is 0 Å². The van der Waals surface area contributed by atoms with E-state index in [9.17, 15) is 0 Å². The number of allylic oxidation sites excluding steroid dienone is 1. The molecule has 0 aromatic rings. The van der Waals surface area contributed by atoms with Crippen LogP contribution in [0.15, 0.2) is 12.7 Å². The first kappa shape index (κ1) is 10.3. The summed E-state index contributed by atoms with van der Waals surface area (Å²) in [6, 6.07) is 2.34. The van der Waals surface area contributed by atoms with Gasteiger partial charge in [-0.3, -0.25) is 5.32 Å². The molecule has 1 aliphatic carbocycles. The number of hydrogen-bond donors (Lipinski definition) is 1. The average Bonchev–Trinajstić information content (AvgIpc) is 2.95. The Balaban J connectivity index is 2.28. The topological polar surface area (TPSA) is 35.8 Å². The smallest absolute Gasteiger partial charge is 0.104 e. The SMILES string of the molecule is C=CCCC(C)(C#N)NCC1CC1. The van der Waals surface area contributed by atoms with Crippen molar-refractivity contribution in [2.75, 3.05) is 6.54 Å². The van der Waals surface area contributed by atoms with Crippen LogP contribution in [0.2, 0.25) is 0 Å². The van der Waals surface area contributed by atoms with Gasteiger partial charge in [0.1, 0.15) is 5.54 Å². The van der Waals surface area contributed by atoms with Gasteiger partial charge < -0.3 is 0 Å². The van der Waals surface area contributed by atoms with Crippen LogP contribution in [0.1, 0.15) is 32.6 Å². The second kappa shape index (κ2) is 4.43. The highest BCUT2D eigenvalue weighted by Gasteiger charge is 2.27. The van der Waals surface area contributed by atoms with Crippen LogP contribution >= 0.6 is 0 Å². The van der Waals surface area contributed by atoms with Gasteiger partial charge in [-0.05, 0) is 45.1 Å². The molecule has 0 aromatic carbocycles. The molecule has 1 unspecified atom stereocenters. The molecule has 1 saturated carbocycles. The van der Waals surface area contributed by atoms with Crippen LogP contribution in [0.5, 0.6) is 0 Å². The molecule has 0 aromatic heterocycles. The summed E-state index contributed by atoms with van der Waals surface area (Å²) in [5, 5.41) is 12.3. The Morgan fingerprint density at radius 3 is 2.85 bits per heavy atom. The van der Waals surface area contributed by atoms with Crippen LogP contribution in [0.25, 0.3) is 0 Å². The molecule has 0 radical (unpaired) electrons. The first-order chi connectivity index (χ1) is 6.20. The Kier molecular flexibility index (Phi) is 3.50. The largest absolute Gasteiger partial charge is 0.299 e. The van der Waals surface area contributed by atoms with E-state index >= 15 is 0 Å². The molecule has 1 rings (SSSR count). The standard InChI is InChI=1S/C11H18N2/c1-3-4-7-11(2,9-12)13-8-10-5-6-10/h3,10,13H,1,4-8H2,2H3. The van der Waals surface area contributed by atoms with Crippen molar-refractivity contribution in [1.82, 2.24) is 5.32 Å². The molecule has 1 N–H and O–H groups in total. The van der Waals surface area contributed by atoms with Crippen molar-refractivity contribution >= 4 is 0 Å². The fourth-order valence-corrected chi connectivity index (χ4v) is 1.27. The molecule has 1 fully saturated rings. The minimum atomic E-state index is -0.350. The Morgan fingerprint density at radius 2 is 2.38 bits per heavy atom. The van der Waals surface area contributed by atoms with Crippen molar-refractivity contribution in [3.05, 3.63) is 12.7 Å². The van der Waals surface area contributed by atoms with Crippen molar-refractivity contribution in [2.24, 2.45) is 5.92 Å². The highest BCUT2D eigenvalue weighted by atomic mass is 15.0. The summed E-state index contributed by atoms with van der Waals surface area (Å²) >= 11 is 0. The van der Waals surface area contributed by atoms with Crippen molar-refractivity contribution in [2.45, 2.75) is 38.1 Å². The molecule has 2 heteroatoms. The van der Waals surface area contributed by atoms with Gasteiger partial charge in [0.05, 0.1) is 6.07 Å². The van der Waals surface area contributed by atoms with E-state index in [0.29, 0.717) is 0 Å². The Bertz CT molecular complexity index is 213. The van der Waals surface area contributed by atoms with Crippen LogP contribution in [0.4, 0.5) is 0 Å². The second-order valence-corrected chi connectivity index (χ2v) is 4.10. The summed E-state index contributed by atoms with van der Waals surface area (Å²) in [7, 11) is 0. The zero-order valence-electron chi connectivity index (χ0n) is 8.34. The number of hydrogen-bond acceptors (Lipinski definition) is 2. The van der Waals surface area contributed by atoms with Crippen molar-refractivity contribution in [3.63, 3.8) is 0 Å². The normalized spacial score (nSPS) is 20.3. The van der Waals surface area contributed by atoms with E-state index in [1.807, 2.05) is 13.0 Å². The first-order valence-corrected chi connectivity index (χ1v) is 4.97. The van der Waals surface area contributed by atoms with Gasteiger partial charge in [0.2, 0.25) is 0 Å². The van der Waals surface area contributed by atoms with Gasteiger partial charge in [0, 0.05) is 0 Å². The number of nitriles is 1. The summed E-state index contributed by atoms with van der Waals surface area (Å²) in [5.41, 5.74) is -0.350. The van der Waals surface area contributed by atoms with E-state index in [1.54, 1.807) is 0 Å². The molecule has 0 bridgehead atoms. The van der Waals surface area contributed by atoms with Gasteiger partial charge in [-0.15, -0.1) is 6.58 Å². The maximum Gasteiger partial charge on any atom is 0.104 e. The molecule has 0 spiro atoms. The quantitative estimate of drug-likeness (QED) is 0.633. The lowest BCUT2D eigenvalue weighted by atomic mass is 9.97. The Labute approximate surface area is 80.6 Å². The third-order valence-corrected chi connectivity index (χ3v) is 2.57. The maximum atomic E-state index is 9.00. The van der Waals surface area contributed by atoms with E-state index in [4.69, 9.17) is 5.26 Å². The predicted molar refractivity (Wildman–Crippen MR) is 54.2 cm³/mol. The third kappa shape index (κ3) is 3.61. The molecular weight excluding hydrogens is 160 g/mol. The summed E-state index contributed by atoms with van der Waals surface area (Å²) in [5.74, 6) is 0.830. The van der Waals surface area contributed by atoms with E-state index in [0.717, 1.165) is 25.3 Å². The van der Waals surface area contributed by atoms with Crippen LogP contribution in [-0.2, 0) is 0 Å². The number of nitrogens with zero attached hydrogens (tertiary/aromatic N) is 1. The molecule has 2 nitrogen and oxygen atoms in total. The highest BCUT2D eigenvalue weighted by Crippen LogP contribution is 2.28. The number of nitrogens with one attached hydrogen (secondary N) is 1. The van der Waals surface area contributed by atoms with Crippen molar-refractivity contribution in [1.29, 1.82) is 5.26 Å². The summed E-state index contributed by atoms with van der Waals surface area (Å²) in [6.07, 6.45) is 6.29. The molecule has 0 saturated heterocycles. The zero-order valence-corrected chi connectivity index (χ0v) is 8.34. The van der Waals surface area contributed by atoms with Gasteiger partial charge in [0.25, 0.3) is 0 Å². The molecule has 72 valence electrons. The molecular formula is C11H18N2. The highest BCUT2D eigenvalue weighted by molar-refractivity contribution is 5.05. The summed E-state index contributed by atoms with van der Waals surface area (Å²) < 4.78 is 0. The predicted octanol–water partition coefficient (Wildman–Crippen LogP) is 2.23. The lowest BCUT2D eigenvalue weighted by Crippen LogP contribution is -2.41. The molecule has 0 aliphatic heterocycles. The fourth-order valence-electron chi connectivity index (χ4n) is 1.27. The van der Waals surface area contributed by atoms with Gasteiger partial charge in [-0.2, -0.15) is 5.26 Å². The second-order valence-electron chi connectivity index (χ2n) is 4.10. The number of rotatable bonds is 6. The fraction of sp³-hybridized carbons (Fsp3) is 0.727. The summed E-state index contributed by atoms with van der Waals surface area (Å²) in [6.45, 7) is 6.64. The molecule has 13 heavy (non-hydrogen) atoms. The van der Waals surface area contributed by atoms with Gasteiger partial charge in [0.15, 0.2) is 0 Å². The van der Waals surface area contributed by atoms with Crippen LogP contribution < -0.4 is 5.32 Å². The average molecular weight is 178 g/mol. The Morgan fingerprint density at radius 1 is 1.69 bits per heavy atom. The van der Waals surface area contributed by atoms with Crippen molar-refractivity contribution < 1.29 is 0 Å². The van der Waals surface area contributed by atoms with E-state index in [1.165, 1.54) is 12.8 Å². The lowest BCUT2D eigenvalue weighted by Gasteiger charge is -2.22. The molecule has 0 amide bonds. The monoisotopic (exact) mass is 178 g/mol. The lowest BCUT2D eigenvalue weighted by molar-refractivity contribution is 0.412. The van der Waals surface area contributed by atoms with Crippen LogP contribution in [-0.4, -0.2) is 12.1 Å². The van der Waals surface area contributed by atoms with E-state index < -0.39 is 0 Å². The first-order valence-electron chi connectivity index (χ1n) is 4.97. The van der Waals surface area contributed by atoms with Crippen LogP contribution in [0, 0.1) is 17.2 Å². The Hall–Kier alpha value is -0.810. The summed E-state index contributed by atoms with van der Waals surface area (Å²) in [4.78, 5) is 0. The molecule has 1 atom stereocenters. The van der Waals surface area contributed by atoms with E-state index in [2.05, 4.69) is 18.0 Å². The van der Waals surface area contributed by atoms with Crippen LogP contribution in [0.3, 0.4) is 0 Å². The van der Waals surface area contributed by atoms with Crippen molar-refractivity contribution in [3.8, 4) is 6.07 Å². The minimum Gasteiger partial charge on any atom is -0.299 e. The van der Waals surface area contributed by atoms with Gasteiger partial charge in [-0.25, -0.2) is 0 Å². The third-order valence-electron chi connectivity index (χ3n) is 2.57. The minimum absolute atomic E-state index is 0.350.